The summed E-state index contributed by atoms with van der Waals surface area (Å²) in [6.45, 7) is 2.82. The zero-order chi connectivity index (χ0) is 9.47. The van der Waals surface area contributed by atoms with Gasteiger partial charge in [-0.05, 0) is 26.0 Å². The van der Waals surface area contributed by atoms with Crippen LogP contribution >= 0.6 is 0 Å². The Bertz CT molecular complexity index is 332. The van der Waals surface area contributed by atoms with Crippen LogP contribution < -0.4 is 5.32 Å². The van der Waals surface area contributed by atoms with Crippen molar-refractivity contribution >= 4 is 0 Å². The summed E-state index contributed by atoms with van der Waals surface area (Å²) in [6, 6.07) is 3.74. The molecule has 0 spiro atoms. The zero-order valence-corrected chi connectivity index (χ0v) is 7.40. The summed E-state index contributed by atoms with van der Waals surface area (Å²) in [4.78, 5) is 0. The fraction of sp³-hybridized carbons (Fsp3) is 0.400. The molecule has 1 atom stereocenters. The van der Waals surface area contributed by atoms with Gasteiger partial charge >= 0.3 is 0 Å². The van der Waals surface area contributed by atoms with Crippen LogP contribution in [-0.2, 0) is 5.54 Å². The van der Waals surface area contributed by atoms with Crippen LogP contribution in [0.3, 0.4) is 0 Å². The molecule has 1 aromatic carbocycles. The van der Waals surface area contributed by atoms with Crippen LogP contribution in [0.4, 0.5) is 8.78 Å². The molecule has 0 radical (unpaired) electrons. The lowest BCUT2D eigenvalue weighted by Gasteiger charge is -2.40. The minimum absolute atomic E-state index is 0.294. The summed E-state index contributed by atoms with van der Waals surface area (Å²) < 4.78 is 25.9. The molecule has 1 aromatic rings. The Morgan fingerprint density at radius 2 is 2.08 bits per heavy atom. The Morgan fingerprint density at radius 1 is 1.38 bits per heavy atom. The molecule has 0 amide bonds. The SMILES string of the molecule is CC1(c2ccc(F)cc2F)CCN1. The molecule has 0 aromatic heterocycles. The van der Waals surface area contributed by atoms with Gasteiger partial charge in [0.1, 0.15) is 11.6 Å². The van der Waals surface area contributed by atoms with Crippen molar-refractivity contribution in [1.29, 1.82) is 0 Å². The van der Waals surface area contributed by atoms with E-state index in [2.05, 4.69) is 5.32 Å². The molecular weight excluding hydrogens is 172 g/mol. The Hall–Kier alpha value is -0.960. The van der Waals surface area contributed by atoms with Crippen molar-refractivity contribution < 1.29 is 8.78 Å². The van der Waals surface area contributed by atoms with E-state index in [0.29, 0.717) is 5.56 Å². The third-order valence-electron chi connectivity index (χ3n) is 2.67. The molecule has 1 aliphatic rings. The molecule has 1 aliphatic heterocycles. The molecule has 1 N–H and O–H groups in total. The fourth-order valence-corrected chi connectivity index (χ4v) is 1.67. The highest BCUT2D eigenvalue weighted by atomic mass is 19.1. The van der Waals surface area contributed by atoms with Gasteiger partial charge in [0.05, 0.1) is 0 Å². The normalized spacial score (nSPS) is 27.0. The van der Waals surface area contributed by atoms with Crippen LogP contribution in [0.1, 0.15) is 18.9 Å². The summed E-state index contributed by atoms with van der Waals surface area (Å²) in [5, 5.41) is 3.14. The molecule has 3 heteroatoms. The van der Waals surface area contributed by atoms with Gasteiger partial charge in [-0.1, -0.05) is 6.07 Å². The summed E-state index contributed by atoms with van der Waals surface area (Å²) in [7, 11) is 0. The summed E-state index contributed by atoms with van der Waals surface area (Å²) in [5.74, 6) is -0.987. The van der Waals surface area contributed by atoms with Crippen molar-refractivity contribution in [3.8, 4) is 0 Å². The first-order valence-corrected chi connectivity index (χ1v) is 4.32. The first-order chi connectivity index (χ1) is 6.12. The average molecular weight is 183 g/mol. The van der Waals surface area contributed by atoms with E-state index < -0.39 is 11.6 Å². The molecule has 70 valence electrons. The Balaban J connectivity index is 2.40. The number of hydrogen-bond donors (Lipinski definition) is 1. The average Bonchev–Trinajstić information content (AvgIpc) is 2.00. The molecule has 0 saturated carbocycles. The largest absolute Gasteiger partial charge is 0.307 e. The quantitative estimate of drug-likeness (QED) is 0.703. The molecule has 1 nitrogen and oxygen atoms in total. The van der Waals surface area contributed by atoms with Gasteiger partial charge in [-0.3, -0.25) is 0 Å². The van der Waals surface area contributed by atoms with Crippen LogP contribution in [0.2, 0.25) is 0 Å². The second-order valence-corrected chi connectivity index (χ2v) is 3.63. The molecular formula is C10H11F2N. The van der Waals surface area contributed by atoms with Crippen LogP contribution in [-0.4, -0.2) is 6.54 Å². The first kappa shape index (κ1) is 8.63. The van der Waals surface area contributed by atoms with Crippen molar-refractivity contribution in [2.75, 3.05) is 6.54 Å². The Labute approximate surface area is 75.8 Å². The van der Waals surface area contributed by atoms with Crippen molar-refractivity contribution in [3.05, 3.63) is 35.4 Å². The standard InChI is InChI=1S/C10H11F2N/c1-10(4-5-13-10)8-3-2-7(11)6-9(8)12/h2-3,6,13H,4-5H2,1H3. The van der Waals surface area contributed by atoms with E-state index in [0.717, 1.165) is 19.0 Å². The molecule has 2 rings (SSSR count). The van der Waals surface area contributed by atoms with E-state index in [1.54, 1.807) is 0 Å². The highest BCUT2D eigenvalue weighted by Crippen LogP contribution is 2.32. The first-order valence-electron chi connectivity index (χ1n) is 4.32. The second-order valence-electron chi connectivity index (χ2n) is 3.63. The third-order valence-corrected chi connectivity index (χ3v) is 2.67. The molecule has 1 saturated heterocycles. The molecule has 13 heavy (non-hydrogen) atoms. The Kier molecular flexibility index (Phi) is 1.84. The van der Waals surface area contributed by atoms with Gasteiger partial charge in [-0.2, -0.15) is 0 Å². The maximum Gasteiger partial charge on any atom is 0.131 e. The molecule has 0 aliphatic carbocycles. The lowest BCUT2D eigenvalue weighted by Crippen LogP contribution is -2.52. The lowest BCUT2D eigenvalue weighted by atomic mass is 9.82. The maximum absolute atomic E-state index is 13.3. The summed E-state index contributed by atoms with van der Waals surface area (Å²) in [5.41, 5.74) is 0.262. The highest BCUT2D eigenvalue weighted by molar-refractivity contribution is 5.28. The maximum atomic E-state index is 13.3. The van der Waals surface area contributed by atoms with Gasteiger partial charge in [0.2, 0.25) is 0 Å². The number of nitrogens with one attached hydrogen (secondary N) is 1. The van der Waals surface area contributed by atoms with Gasteiger partial charge in [0.15, 0.2) is 0 Å². The van der Waals surface area contributed by atoms with Crippen LogP contribution in [0.5, 0.6) is 0 Å². The molecule has 1 unspecified atom stereocenters. The van der Waals surface area contributed by atoms with Crippen molar-refractivity contribution in [3.63, 3.8) is 0 Å². The monoisotopic (exact) mass is 183 g/mol. The van der Waals surface area contributed by atoms with Gasteiger partial charge < -0.3 is 5.32 Å². The fourth-order valence-electron chi connectivity index (χ4n) is 1.67. The predicted octanol–water partition coefficient (Wildman–Crippen LogP) is 2.17. The number of benzene rings is 1. The van der Waals surface area contributed by atoms with Crippen LogP contribution in [0.25, 0.3) is 0 Å². The van der Waals surface area contributed by atoms with E-state index in [4.69, 9.17) is 0 Å². The van der Waals surface area contributed by atoms with Crippen LogP contribution in [0, 0.1) is 11.6 Å². The van der Waals surface area contributed by atoms with E-state index in [1.807, 2.05) is 6.92 Å². The zero-order valence-electron chi connectivity index (χ0n) is 7.40. The minimum atomic E-state index is -0.524. The summed E-state index contributed by atoms with van der Waals surface area (Å²) >= 11 is 0. The third kappa shape index (κ3) is 1.33. The predicted molar refractivity (Wildman–Crippen MR) is 46.3 cm³/mol. The molecule has 0 bridgehead atoms. The smallest absolute Gasteiger partial charge is 0.131 e. The van der Waals surface area contributed by atoms with E-state index >= 15 is 0 Å². The lowest BCUT2D eigenvalue weighted by molar-refractivity contribution is 0.228. The molecule has 1 fully saturated rings. The van der Waals surface area contributed by atoms with Gasteiger partial charge in [0, 0.05) is 17.2 Å². The van der Waals surface area contributed by atoms with Crippen molar-refractivity contribution in [2.45, 2.75) is 18.9 Å². The van der Waals surface area contributed by atoms with E-state index in [9.17, 15) is 8.78 Å². The minimum Gasteiger partial charge on any atom is -0.307 e. The number of halogens is 2. The number of rotatable bonds is 1. The van der Waals surface area contributed by atoms with Crippen LogP contribution in [0.15, 0.2) is 18.2 Å². The van der Waals surface area contributed by atoms with Crippen molar-refractivity contribution in [2.24, 2.45) is 0 Å². The van der Waals surface area contributed by atoms with Crippen molar-refractivity contribution in [1.82, 2.24) is 5.32 Å². The van der Waals surface area contributed by atoms with Gasteiger partial charge in [-0.25, -0.2) is 8.78 Å². The topological polar surface area (TPSA) is 12.0 Å². The Morgan fingerprint density at radius 3 is 2.54 bits per heavy atom. The number of hydrogen-bond acceptors (Lipinski definition) is 1. The van der Waals surface area contributed by atoms with Gasteiger partial charge in [-0.15, -0.1) is 0 Å². The second kappa shape index (κ2) is 2.77. The summed E-state index contributed by atoms with van der Waals surface area (Å²) in [6.07, 6.45) is 0.898. The van der Waals surface area contributed by atoms with E-state index in [-0.39, 0.29) is 5.54 Å². The molecule has 1 heterocycles. The highest BCUT2D eigenvalue weighted by Gasteiger charge is 2.35. The van der Waals surface area contributed by atoms with E-state index in [1.165, 1.54) is 12.1 Å². The van der Waals surface area contributed by atoms with Gasteiger partial charge in [0.25, 0.3) is 0 Å².